The molecule has 0 unspecified atom stereocenters. The minimum Gasteiger partial charge on any atom is -0.367 e. The van der Waals surface area contributed by atoms with E-state index in [0.29, 0.717) is 40.8 Å². The lowest BCUT2D eigenvalue weighted by molar-refractivity contribution is 0.425. The van der Waals surface area contributed by atoms with Crippen LogP contribution in [0.15, 0.2) is 30.6 Å². The van der Waals surface area contributed by atoms with Crippen molar-refractivity contribution in [2.45, 2.75) is 0 Å². The zero-order valence-corrected chi connectivity index (χ0v) is 16.1. The van der Waals surface area contributed by atoms with Gasteiger partial charge < -0.3 is 20.5 Å². The van der Waals surface area contributed by atoms with Crippen LogP contribution in [0.3, 0.4) is 0 Å². The van der Waals surface area contributed by atoms with Crippen LogP contribution in [0.25, 0.3) is 11.2 Å². The Balaban J connectivity index is 1.83. The number of imidazole rings is 1. The molecule has 1 aromatic carbocycles. The third-order valence-corrected chi connectivity index (χ3v) is 4.16. The number of nitrogens with one attached hydrogen (secondary N) is 4. The molecule has 0 amide bonds. The molecule has 3 aromatic rings. The monoisotopic (exact) mass is 390 g/mol. The van der Waals surface area contributed by atoms with Gasteiger partial charge in [0.05, 0.1) is 18.3 Å². The molecule has 27 heavy (non-hydrogen) atoms. The number of hydrogen-bond acceptors (Lipinski definition) is 8. The normalized spacial score (nSPS) is 11.7. The zero-order chi connectivity index (χ0) is 19.4. The van der Waals surface area contributed by atoms with E-state index in [1.54, 1.807) is 30.6 Å². The summed E-state index contributed by atoms with van der Waals surface area (Å²) in [6.07, 6.45) is 2.67. The van der Waals surface area contributed by atoms with Crippen molar-refractivity contribution in [1.29, 1.82) is 0 Å². The Morgan fingerprint density at radius 2 is 1.96 bits per heavy atom. The Hall–Kier alpha value is -2.92. The minimum atomic E-state index is -3.35. The van der Waals surface area contributed by atoms with Gasteiger partial charge in [-0.3, -0.25) is 4.72 Å². The van der Waals surface area contributed by atoms with E-state index in [1.807, 2.05) is 14.1 Å². The third kappa shape index (κ3) is 5.28. The average molecular weight is 390 g/mol. The highest BCUT2D eigenvalue weighted by atomic mass is 32.2. The largest absolute Gasteiger partial charge is 0.367 e. The maximum Gasteiger partial charge on any atom is 0.231 e. The molecular formula is C16H22N8O2S. The number of hydrogen-bond donors (Lipinski definition) is 4. The molecule has 2 aromatic heterocycles. The number of sulfonamides is 1. The molecule has 0 spiro atoms. The number of rotatable bonds is 8. The SMILES string of the molecule is CN(C)CCNc1nc(Nc2cccc(NS(C)(=O)=O)c2)nc2[nH]cnc12. The van der Waals surface area contributed by atoms with Crippen LogP contribution >= 0.6 is 0 Å². The van der Waals surface area contributed by atoms with Gasteiger partial charge in [0.1, 0.15) is 5.52 Å². The number of aromatic nitrogens is 4. The molecular weight excluding hydrogens is 368 g/mol. The van der Waals surface area contributed by atoms with Crippen LogP contribution < -0.4 is 15.4 Å². The maximum atomic E-state index is 11.4. The average Bonchev–Trinajstić information content (AvgIpc) is 3.02. The summed E-state index contributed by atoms with van der Waals surface area (Å²) in [5, 5.41) is 6.36. The van der Waals surface area contributed by atoms with Gasteiger partial charge >= 0.3 is 0 Å². The van der Waals surface area contributed by atoms with E-state index in [1.165, 1.54) is 0 Å². The molecule has 11 heteroatoms. The first kappa shape index (κ1) is 18.9. The third-order valence-electron chi connectivity index (χ3n) is 3.55. The van der Waals surface area contributed by atoms with E-state index in [-0.39, 0.29) is 0 Å². The molecule has 0 saturated carbocycles. The van der Waals surface area contributed by atoms with Crippen molar-refractivity contribution in [3.05, 3.63) is 30.6 Å². The van der Waals surface area contributed by atoms with E-state index in [4.69, 9.17) is 0 Å². The number of fused-ring (bicyclic) bond motifs is 1. The summed E-state index contributed by atoms with van der Waals surface area (Å²) in [6, 6.07) is 6.87. The van der Waals surface area contributed by atoms with Crippen molar-refractivity contribution in [2.24, 2.45) is 0 Å². The molecule has 0 saturated heterocycles. The second-order valence-corrected chi connectivity index (χ2v) is 8.05. The summed E-state index contributed by atoms with van der Waals surface area (Å²) in [7, 11) is 0.644. The van der Waals surface area contributed by atoms with Crippen molar-refractivity contribution in [1.82, 2.24) is 24.8 Å². The van der Waals surface area contributed by atoms with Crippen LogP contribution in [0, 0.1) is 0 Å². The van der Waals surface area contributed by atoms with Crippen molar-refractivity contribution in [3.8, 4) is 0 Å². The summed E-state index contributed by atoms with van der Waals surface area (Å²) >= 11 is 0. The summed E-state index contributed by atoms with van der Waals surface area (Å²) in [5.41, 5.74) is 2.37. The second-order valence-electron chi connectivity index (χ2n) is 6.31. The highest BCUT2D eigenvalue weighted by Gasteiger charge is 2.11. The number of nitrogens with zero attached hydrogens (tertiary/aromatic N) is 4. The highest BCUT2D eigenvalue weighted by molar-refractivity contribution is 7.92. The van der Waals surface area contributed by atoms with Crippen molar-refractivity contribution in [3.63, 3.8) is 0 Å². The predicted octanol–water partition coefficient (Wildman–Crippen LogP) is 1.44. The molecule has 144 valence electrons. The van der Waals surface area contributed by atoms with Gasteiger partial charge in [-0.05, 0) is 32.3 Å². The summed E-state index contributed by atoms with van der Waals surface area (Å²) in [5.74, 6) is 0.992. The Morgan fingerprint density at radius 1 is 1.19 bits per heavy atom. The van der Waals surface area contributed by atoms with Gasteiger partial charge in [-0.25, -0.2) is 13.4 Å². The fourth-order valence-electron chi connectivity index (χ4n) is 2.42. The quantitative estimate of drug-likeness (QED) is 0.455. The molecule has 3 rings (SSSR count). The van der Waals surface area contributed by atoms with E-state index >= 15 is 0 Å². The molecule has 2 heterocycles. The lowest BCUT2D eigenvalue weighted by Gasteiger charge is -2.12. The van der Waals surface area contributed by atoms with Gasteiger partial charge in [-0.1, -0.05) is 6.07 Å². The zero-order valence-electron chi connectivity index (χ0n) is 15.3. The first-order valence-corrected chi connectivity index (χ1v) is 10.1. The molecule has 4 N–H and O–H groups in total. The number of benzene rings is 1. The Labute approximate surface area is 157 Å². The molecule has 0 aliphatic carbocycles. The van der Waals surface area contributed by atoms with E-state index in [2.05, 4.69) is 40.2 Å². The smallest absolute Gasteiger partial charge is 0.231 e. The molecule has 0 aliphatic rings. The van der Waals surface area contributed by atoms with Gasteiger partial charge in [0.15, 0.2) is 11.5 Å². The molecule has 0 radical (unpaired) electrons. The van der Waals surface area contributed by atoms with Gasteiger partial charge in [-0.2, -0.15) is 9.97 Å². The standard InChI is InChI=1S/C16H22N8O2S/c1-24(2)8-7-17-14-13-15(19-10-18-13)22-16(21-14)20-11-5-4-6-12(9-11)23-27(3,25)26/h4-6,9-10,23H,7-8H2,1-3H3,(H3,17,18,19,20,21,22). The van der Waals surface area contributed by atoms with Gasteiger partial charge in [-0.15, -0.1) is 0 Å². The predicted molar refractivity (Wildman–Crippen MR) is 107 cm³/mol. The second kappa shape index (κ2) is 7.76. The lowest BCUT2D eigenvalue weighted by atomic mass is 10.3. The Morgan fingerprint density at radius 3 is 2.70 bits per heavy atom. The lowest BCUT2D eigenvalue weighted by Crippen LogP contribution is -2.21. The molecule has 0 bridgehead atoms. The molecule has 10 nitrogen and oxygen atoms in total. The first-order valence-electron chi connectivity index (χ1n) is 8.25. The summed E-state index contributed by atoms with van der Waals surface area (Å²) in [6.45, 7) is 1.55. The Bertz CT molecular complexity index is 1030. The van der Waals surface area contributed by atoms with Crippen molar-refractivity contribution >= 4 is 44.3 Å². The van der Waals surface area contributed by atoms with E-state index < -0.39 is 10.0 Å². The highest BCUT2D eigenvalue weighted by Crippen LogP contribution is 2.22. The fourth-order valence-corrected chi connectivity index (χ4v) is 2.97. The minimum absolute atomic E-state index is 0.371. The Kier molecular flexibility index (Phi) is 5.42. The maximum absolute atomic E-state index is 11.4. The summed E-state index contributed by atoms with van der Waals surface area (Å²) < 4.78 is 25.2. The van der Waals surface area contributed by atoms with Gasteiger partial charge in [0.2, 0.25) is 16.0 Å². The first-order chi connectivity index (χ1) is 12.8. The van der Waals surface area contributed by atoms with Crippen molar-refractivity contribution < 1.29 is 8.42 Å². The summed E-state index contributed by atoms with van der Waals surface area (Å²) in [4.78, 5) is 18.2. The van der Waals surface area contributed by atoms with Crippen LogP contribution in [-0.2, 0) is 10.0 Å². The van der Waals surface area contributed by atoms with Crippen LogP contribution in [0.2, 0.25) is 0 Å². The van der Waals surface area contributed by atoms with Crippen molar-refractivity contribution in [2.75, 3.05) is 48.8 Å². The van der Waals surface area contributed by atoms with Crippen LogP contribution in [0.5, 0.6) is 0 Å². The van der Waals surface area contributed by atoms with Crippen LogP contribution in [0.4, 0.5) is 23.1 Å². The number of anilines is 4. The van der Waals surface area contributed by atoms with Gasteiger partial charge in [0, 0.05) is 18.8 Å². The molecule has 0 fully saturated rings. The van der Waals surface area contributed by atoms with Crippen LogP contribution in [-0.4, -0.2) is 66.7 Å². The number of aromatic amines is 1. The molecule has 0 aliphatic heterocycles. The number of H-pyrrole nitrogens is 1. The number of likely N-dealkylation sites (N-methyl/N-ethyl adjacent to an activating group) is 1. The van der Waals surface area contributed by atoms with Crippen LogP contribution in [0.1, 0.15) is 0 Å². The van der Waals surface area contributed by atoms with Gasteiger partial charge in [0.25, 0.3) is 0 Å². The fraction of sp³-hybridized carbons (Fsp3) is 0.312. The molecule has 0 atom stereocenters. The van der Waals surface area contributed by atoms with E-state index in [9.17, 15) is 8.42 Å². The topological polar surface area (TPSA) is 128 Å². The van der Waals surface area contributed by atoms with E-state index in [0.717, 1.165) is 12.8 Å².